The molecule has 0 spiro atoms. The highest BCUT2D eigenvalue weighted by Crippen LogP contribution is 2.30. The molecule has 1 aliphatic carbocycles. The van der Waals surface area contributed by atoms with Crippen molar-refractivity contribution < 1.29 is 0 Å². The third-order valence-corrected chi connectivity index (χ3v) is 4.80. The summed E-state index contributed by atoms with van der Waals surface area (Å²) >= 11 is 7.49. The molecule has 1 aromatic heterocycles. The first kappa shape index (κ1) is 14.1. The zero-order valence-corrected chi connectivity index (χ0v) is 13.3. The lowest BCUT2D eigenvalue weighted by molar-refractivity contribution is 0.313. The van der Waals surface area contributed by atoms with Gasteiger partial charge in [-0.25, -0.2) is 4.98 Å². The molecule has 20 heavy (non-hydrogen) atoms. The van der Waals surface area contributed by atoms with Gasteiger partial charge in [0, 0.05) is 24.0 Å². The number of rotatable bonds is 6. The number of aromatic nitrogens is 1. The van der Waals surface area contributed by atoms with Crippen LogP contribution < -0.4 is 0 Å². The van der Waals surface area contributed by atoms with Crippen LogP contribution in [0.5, 0.6) is 0 Å². The fourth-order valence-electron chi connectivity index (χ4n) is 2.42. The lowest BCUT2D eigenvalue weighted by atomic mass is 10.1. The number of benzene rings is 1. The van der Waals surface area contributed by atoms with Crippen molar-refractivity contribution >= 4 is 22.9 Å². The zero-order chi connectivity index (χ0) is 13.9. The van der Waals surface area contributed by atoms with Gasteiger partial charge in [-0.05, 0) is 37.4 Å². The largest absolute Gasteiger partial charge is 0.302 e. The predicted octanol–water partition coefficient (Wildman–Crippen LogP) is 4.39. The highest BCUT2D eigenvalue weighted by atomic mass is 35.5. The van der Waals surface area contributed by atoms with Gasteiger partial charge in [-0.1, -0.05) is 18.2 Å². The topological polar surface area (TPSA) is 16.1 Å². The van der Waals surface area contributed by atoms with Gasteiger partial charge < -0.3 is 4.90 Å². The maximum Gasteiger partial charge on any atom is 0.123 e. The summed E-state index contributed by atoms with van der Waals surface area (Å²) in [5.41, 5.74) is 3.51. The van der Waals surface area contributed by atoms with E-state index in [0.717, 1.165) is 23.2 Å². The van der Waals surface area contributed by atoms with E-state index in [1.165, 1.54) is 30.5 Å². The zero-order valence-electron chi connectivity index (χ0n) is 11.7. The van der Waals surface area contributed by atoms with Gasteiger partial charge in [-0.3, -0.25) is 0 Å². The molecular formula is C16H19ClN2S. The molecule has 2 nitrogen and oxygen atoms in total. The van der Waals surface area contributed by atoms with Crippen LogP contribution in [-0.2, 0) is 12.4 Å². The van der Waals surface area contributed by atoms with Crippen molar-refractivity contribution in [2.75, 3.05) is 13.6 Å². The van der Waals surface area contributed by atoms with Gasteiger partial charge in [0.2, 0.25) is 0 Å². The van der Waals surface area contributed by atoms with Gasteiger partial charge in [0.05, 0.1) is 11.6 Å². The number of alkyl halides is 1. The Balaban J connectivity index is 1.71. The Labute approximate surface area is 129 Å². The molecule has 0 unspecified atom stereocenters. The van der Waals surface area contributed by atoms with Crippen LogP contribution in [0.4, 0.5) is 0 Å². The molecule has 4 heteroatoms. The second kappa shape index (κ2) is 6.25. The summed E-state index contributed by atoms with van der Waals surface area (Å²) in [5.74, 6) is 1.42. The van der Waals surface area contributed by atoms with Crippen molar-refractivity contribution in [1.82, 2.24) is 9.88 Å². The van der Waals surface area contributed by atoms with Crippen LogP contribution in [0.3, 0.4) is 0 Å². The van der Waals surface area contributed by atoms with E-state index in [0.29, 0.717) is 5.88 Å². The predicted molar refractivity (Wildman–Crippen MR) is 86.2 cm³/mol. The van der Waals surface area contributed by atoms with Crippen molar-refractivity contribution in [3.63, 3.8) is 0 Å². The van der Waals surface area contributed by atoms with Crippen LogP contribution in [0.15, 0.2) is 29.6 Å². The van der Waals surface area contributed by atoms with Crippen LogP contribution >= 0.6 is 22.9 Å². The van der Waals surface area contributed by atoms with E-state index < -0.39 is 0 Å². The Bertz CT molecular complexity index is 577. The Morgan fingerprint density at radius 2 is 2.25 bits per heavy atom. The number of hydrogen-bond acceptors (Lipinski definition) is 3. The first-order valence-electron chi connectivity index (χ1n) is 7.03. The first-order chi connectivity index (χ1) is 9.74. The molecule has 0 N–H and O–H groups in total. The molecule has 0 saturated heterocycles. The van der Waals surface area contributed by atoms with E-state index in [1.54, 1.807) is 11.3 Å². The van der Waals surface area contributed by atoms with Crippen LogP contribution in [-0.4, -0.2) is 23.5 Å². The Morgan fingerprint density at radius 1 is 1.40 bits per heavy atom. The average Bonchev–Trinajstić information content (AvgIpc) is 3.12. The minimum absolute atomic E-state index is 0.486. The lowest BCUT2D eigenvalue weighted by Gasteiger charge is -2.16. The van der Waals surface area contributed by atoms with Gasteiger partial charge in [-0.15, -0.1) is 22.9 Å². The molecule has 1 heterocycles. The van der Waals surface area contributed by atoms with E-state index in [4.69, 9.17) is 11.6 Å². The molecule has 0 bridgehead atoms. The molecule has 1 saturated carbocycles. The molecule has 0 radical (unpaired) electrons. The smallest absolute Gasteiger partial charge is 0.123 e. The summed E-state index contributed by atoms with van der Waals surface area (Å²) in [6.07, 6.45) is 2.81. The van der Waals surface area contributed by atoms with E-state index in [2.05, 4.69) is 41.2 Å². The Hall–Kier alpha value is -0.900. The van der Waals surface area contributed by atoms with Crippen molar-refractivity contribution in [3.8, 4) is 10.6 Å². The Morgan fingerprint density at radius 3 is 2.95 bits per heavy atom. The van der Waals surface area contributed by atoms with Gasteiger partial charge in [0.25, 0.3) is 0 Å². The summed E-state index contributed by atoms with van der Waals surface area (Å²) in [4.78, 5) is 6.97. The van der Waals surface area contributed by atoms with E-state index >= 15 is 0 Å². The number of thiazole rings is 1. The summed E-state index contributed by atoms with van der Waals surface area (Å²) in [5, 5.41) is 3.10. The van der Waals surface area contributed by atoms with Crippen LogP contribution in [0, 0.1) is 5.92 Å². The highest BCUT2D eigenvalue weighted by molar-refractivity contribution is 7.13. The quantitative estimate of drug-likeness (QED) is 0.736. The van der Waals surface area contributed by atoms with Crippen LogP contribution in [0.2, 0.25) is 0 Å². The van der Waals surface area contributed by atoms with E-state index in [-0.39, 0.29) is 0 Å². The number of nitrogens with zero attached hydrogens (tertiary/aromatic N) is 2. The molecule has 1 aromatic carbocycles. The average molecular weight is 307 g/mol. The van der Waals surface area contributed by atoms with Gasteiger partial charge in [0.15, 0.2) is 0 Å². The summed E-state index contributed by atoms with van der Waals surface area (Å²) in [7, 11) is 2.21. The first-order valence-corrected chi connectivity index (χ1v) is 8.44. The lowest BCUT2D eigenvalue weighted by Crippen LogP contribution is -2.20. The molecular weight excluding hydrogens is 288 g/mol. The fraction of sp³-hybridized carbons (Fsp3) is 0.438. The molecule has 0 amide bonds. The minimum Gasteiger partial charge on any atom is -0.302 e. The van der Waals surface area contributed by atoms with Gasteiger partial charge in [-0.2, -0.15) is 0 Å². The Kier molecular flexibility index (Phi) is 4.39. The molecule has 106 valence electrons. The normalized spacial score (nSPS) is 14.9. The molecule has 3 rings (SSSR count). The van der Waals surface area contributed by atoms with Gasteiger partial charge >= 0.3 is 0 Å². The number of halogens is 1. The minimum atomic E-state index is 0.486. The van der Waals surface area contributed by atoms with E-state index in [9.17, 15) is 0 Å². The maximum absolute atomic E-state index is 5.82. The summed E-state index contributed by atoms with van der Waals surface area (Å²) < 4.78 is 0. The van der Waals surface area contributed by atoms with Crippen molar-refractivity contribution in [2.45, 2.75) is 25.3 Å². The molecule has 1 fully saturated rings. The molecule has 0 aliphatic heterocycles. The maximum atomic E-state index is 5.82. The fourth-order valence-corrected chi connectivity index (χ4v) is 3.47. The van der Waals surface area contributed by atoms with Crippen molar-refractivity contribution in [3.05, 3.63) is 40.9 Å². The SMILES string of the molecule is CN(Cc1cccc(-c2nc(CCl)cs2)c1)CC1CC1. The van der Waals surface area contributed by atoms with E-state index in [1.807, 2.05) is 5.38 Å². The molecule has 2 aromatic rings. The summed E-state index contributed by atoms with van der Waals surface area (Å²) in [6, 6.07) is 8.70. The van der Waals surface area contributed by atoms with Crippen LogP contribution in [0.1, 0.15) is 24.1 Å². The monoisotopic (exact) mass is 306 g/mol. The third-order valence-electron chi connectivity index (χ3n) is 3.58. The molecule has 1 aliphatic rings. The highest BCUT2D eigenvalue weighted by Gasteiger charge is 2.22. The second-order valence-electron chi connectivity index (χ2n) is 5.62. The standard InChI is InChI=1S/C16H19ClN2S/c1-19(9-12-5-6-12)10-13-3-2-4-14(7-13)16-18-15(8-17)11-20-16/h2-4,7,11-12H,5-6,8-10H2,1H3. The second-order valence-corrected chi connectivity index (χ2v) is 6.74. The summed E-state index contributed by atoms with van der Waals surface area (Å²) in [6.45, 7) is 2.23. The van der Waals surface area contributed by atoms with Crippen molar-refractivity contribution in [2.24, 2.45) is 5.92 Å². The third kappa shape index (κ3) is 3.60. The van der Waals surface area contributed by atoms with Gasteiger partial charge in [0.1, 0.15) is 5.01 Å². The van der Waals surface area contributed by atoms with Crippen molar-refractivity contribution in [1.29, 1.82) is 0 Å². The molecule has 0 atom stereocenters. The number of hydrogen-bond donors (Lipinski definition) is 0. The van der Waals surface area contributed by atoms with Crippen LogP contribution in [0.25, 0.3) is 10.6 Å².